The summed E-state index contributed by atoms with van der Waals surface area (Å²) in [7, 11) is 1.85. The number of hydrogen-bond donors (Lipinski definition) is 1. The first-order valence-electron chi connectivity index (χ1n) is 6.33. The Morgan fingerprint density at radius 2 is 1.75 bits per heavy atom. The maximum Gasteiger partial charge on any atom is 0.123 e. The molecule has 0 amide bonds. The van der Waals surface area contributed by atoms with Crippen molar-refractivity contribution in [3.8, 4) is 0 Å². The van der Waals surface area contributed by atoms with E-state index < -0.39 is 0 Å². The molecule has 0 bridgehead atoms. The smallest absolute Gasteiger partial charge is 0.123 e. The molecule has 20 heavy (non-hydrogen) atoms. The van der Waals surface area contributed by atoms with Crippen LogP contribution in [0, 0.1) is 19.7 Å². The molecule has 0 radical (unpaired) electrons. The minimum Gasteiger partial charge on any atom is -0.309 e. The Labute approximate surface area is 132 Å². The van der Waals surface area contributed by atoms with Crippen LogP contribution in [0.4, 0.5) is 4.39 Å². The van der Waals surface area contributed by atoms with Gasteiger partial charge in [0.2, 0.25) is 0 Å². The van der Waals surface area contributed by atoms with E-state index in [4.69, 9.17) is 11.6 Å². The topological polar surface area (TPSA) is 12.0 Å². The van der Waals surface area contributed by atoms with Gasteiger partial charge in [0.05, 0.1) is 6.04 Å². The molecule has 0 aromatic heterocycles. The summed E-state index contributed by atoms with van der Waals surface area (Å²) < 4.78 is 14.6. The van der Waals surface area contributed by atoms with E-state index in [1.807, 2.05) is 20.9 Å². The fourth-order valence-electron chi connectivity index (χ4n) is 2.38. The predicted octanol–water partition coefficient (Wildman–Crippen LogP) is 5.17. The standard InChI is InChI=1S/C16H16BrClFN/c1-9-6-11(7-10(2)15(9)17)16(20-3)13-8-12(19)4-5-14(13)18/h4-8,16,20H,1-3H3. The van der Waals surface area contributed by atoms with Crippen molar-refractivity contribution in [1.29, 1.82) is 0 Å². The first kappa shape index (κ1) is 15.5. The second-order valence-electron chi connectivity index (χ2n) is 4.86. The molecule has 1 unspecified atom stereocenters. The molecule has 0 heterocycles. The zero-order valence-electron chi connectivity index (χ0n) is 11.6. The van der Waals surface area contributed by atoms with Crippen LogP contribution in [-0.4, -0.2) is 7.05 Å². The van der Waals surface area contributed by atoms with Crippen molar-refractivity contribution in [3.63, 3.8) is 0 Å². The van der Waals surface area contributed by atoms with Crippen LogP contribution in [0.3, 0.4) is 0 Å². The van der Waals surface area contributed by atoms with Gasteiger partial charge in [0.15, 0.2) is 0 Å². The number of nitrogens with one attached hydrogen (secondary N) is 1. The summed E-state index contributed by atoms with van der Waals surface area (Å²) in [5, 5.41) is 3.77. The molecule has 2 rings (SSSR count). The van der Waals surface area contributed by atoms with Crippen LogP contribution in [-0.2, 0) is 0 Å². The molecule has 0 aliphatic carbocycles. The van der Waals surface area contributed by atoms with E-state index in [0.29, 0.717) is 5.02 Å². The molecule has 1 nitrogen and oxygen atoms in total. The van der Waals surface area contributed by atoms with E-state index in [2.05, 4.69) is 33.4 Å². The molecule has 2 aromatic carbocycles. The Balaban J connectivity index is 2.55. The van der Waals surface area contributed by atoms with Gasteiger partial charge in [0.1, 0.15) is 5.82 Å². The lowest BCUT2D eigenvalue weighted by Gasteiger charge is -2.20. The van der Waals surface area contributed by atoms with Gasteiger partial charge in [-0.05, 0) is 61.3 Å². The maximum absolute atomic E-state index is 13.5. The zero-order chi connectivity index (χ0) is 14.9. The van der Waals surface area contributed by atoms with Crippen LogP contribution in [0.2, 0.25) is 5.02 Å². The summed E-state index contributed by atoms with van der Waals surface area (Å²) >= 11 is 9.77. The van der Waals surface area contributed by atoms with Gasteiger partial charge >= 0.3 is 0 Å². The van der Waals surface area contributed by atoms with E-state index >= 15 is 0 Å². The highest BCUT2D eigenvalue weighted by Gasteiger charge is 2.17. The summed E-state index contributed by atoms with van der Waals surface area (Å²) in [5.41, 5.74) is 4.11. The number of halogens is 3. The number of aryl methyl sites for hydroxylation is 2. The van der Waals surface area contributed by atoms with Crippen LogP contribution in [0.15, 0.2) is 34.8 Å². The molecule has 0 aliphatic heterocycles. The monoisotopic (exact) mass is 355 g/mol. The summed E-state index contributed by atoms with van der Waals surface area (Å²) in [6.07, 6.45) is 0. The molecular formula is C16H16BrClFN. The molecule has 2 aromatic rings. The Kier molecular flexibility index (Phi) is 4.84. The molecule has 1 atom stereocenters. The van der Waals surface area contributed by atoms with E-state index in [1.54, 1.807) is 6.07 Å². The lowest BCUT2D eigenvalue weighted by atomic mass is 9.95. The van der Waals surface area contributed by atoms with Gasteiger partial charge in [-0.15, -0.1) is 0 Å². The Bertz CT molecular complexity index is 619. The number of hydrogen-bond acceptors (Lipinski definition) is 1. The van der Waals surface area contributed by atoms with Crippen LogP contribution >= 0.6 is 27.5 Å². The Hall–Kier alpha value is -0.900. The highest BCUT2D eigenvalue weighted by Crippen LogP contribution is 2.32. The normalized spacial score (nSPS) is 12.5. The van der Waals surface area contributed by atoms with Crippen molar-refractivity contribution in [2.24, 2.45) is 0 Å². The van der Waals surface area contributed by atoms with Crippen molar-refractivity contribution in [3.05, 3.63) is 67.9 Å². The van der Waals surface area contributed by atoms with Gasteiger partial charge in [-0.3, -0.25) is 0 Å². The number of rotatable bonds is 3. The van der Waals surface area contributed by atoms with Crippen LogP contribution in [0.25, 0.3) is 0 Å². The average molecular weight is 357 g/mol. The van der Waals surface area contributed by atoms with E-state index in [0.717, 1.165) is 26.7 Å². The fraction of sp³-hybridized carbons (Fsp3) is 0.250. The molecule has 106 valence electrons. The third-order valence-corrected chi connectivity index (χ3v) is 4.94. The largest absolute Gasteiger partial charge is 0.309 e. The van der Waals surface area contributed by atoms with Gasteiger partial charge in [-0.2, -0.15) is 0 Å². The first-order chi connectivity index (χ1) is 9.43. The van der Waals surface area contributed by atoms with Crippen LogP contribution in [0.1, 0.15) is 28.3 Å². The van der Waals surface area contributed by atoms with Crippen molar-refractivity contribution < 1.29 is 4.39 Å². The van der Waals surface area contributed by atoms with E-state index in [9.17, 15) is 4.39 Å². The minimum absolute atomic E-state index is 0.135. The van der Waals surface area contributed by atoms with Crippen molar-refractivity contribution in [1.82, 2.24) is 5.32 Å². The second-order valence-corrected chi connectivity index (χ2v) is 6.06. The van der Waals surface area contributed by atoms with Gasteiger partial charge < -0.3 is 5.32 Å². The Morgan fingerprint density at radius 1 is 1.15 bits per heavy atom. The van der Waals surface area contributed by atoms with Crippen molar-refractivity contribution in [2.75, 3.05) is 7.05 Å². The molecule has 0 spiro atoms. The summed E-state index contributed by atoms with van der Waals surface area (Å²) in [4.78, 5) is 0. The molecule has 0 saturated carbocycles. The van der Waals surface area contributed by atoms with Gasteiger partial charge in [-0.1, -0.05) is 39.7 Å². The molecule has 0 saturated heterocycles. The molecule has 1 N–H and O–H groups in total. The summed E-state index contributed by atoms with van der Waals surface area (Å²) in [6.45, 7) is 4.08. The lowest BCUT2D eigenvalue weighted by molar-refractivity contribution is 0.616. The van der Waals surface area contributed by atoms with Crippen molar-refractivity contribution in [2.45, 2.75) is 19.9 Å². The molecular weight excluding hydrogens is 341 g/mol. The van der Waals surface area contributed by atoms with Crippen molar-refractivity contribution >= 4 is 27.5 Å². The minimum atomic E-state index is -0.282. The highest BCUT2D eigenvalue weighted by molar-refractivity contribution is 9.10. The quantitative estimate of drug-likeness (QED) is 0.800. The van der Waals surface area contributed by atoms with Crippen LogP contribution in [0.5, 0.6) is 0 Å². The van der Waals surface area contributed by atoms with Gasteiger partial charge in [0.25, 0.3) is 0 Å². The second kappa shape index (κ2) is 6.25. The fourth-order valence-corrected chi connectivity index (χ4v) is 2.84. The SMILES string of the molecule is CNC(c1cc(C)c(Br)c(C)c1)c1cc(F)ccc1Cl. The summed E-state index contributed by atoms with van der Waals surface area (Å²) in [6, 6.07) is 8.48. The molecule has 4 heteroatoms. The van der Waals surface area contributed by atoms with Gasteiger partial charge in [0, 0.05) is 9.50 Å². The molecule has 0 fully saturated rings. The first-order valence-corrected chi connectivity index (χ1v) is 7.50. The lowest BCUT2D eigenvalue weighted by Crippen LogP contribution is -2.18. The van der Waals surface area contributed by atoms with E-state index in [-0.39, 0.29) is 11.9 Å². The highest BCUT2D eigenvalue weighted by atomic mass is 79.9. The third kappa shape index (κ3) is 3.05. The zero-order valence-corrected chi connectivity index (χ0v) is 13.9. The van der Waals surface area contributed by atoms with E-state index in [1.165, 1.54) is 12.1 Å². The summed E-state index contributed by atoms with van der Waals surface area (Å²) in [5.74, 6) is -0.282. The Morgan fingerprint density at radius 3 is 2.30 bits per heavy atom. The van der Waals surface area contributed by atoms with Gasteiger partial charge in [-0.25, -0.2) is 4.39 Å². The number of benzene rings is 2. The molecule has 0 aliphatic rings. The third-order valence-electron chi connectivity index (χ3n) is 3.35. The predicted molar refractivity (Wildman–Crippen MR) is 85.9 cm³/mol. The average Bonchev–Trinajstić information content (AvgIpc) is 2.40. The maximum atomic E-state index is 13.5. The van der Waals surface area contributed by atoms with Crippen LogP contribution < -0.4 is 5.32 Å².